The van der Waals surface area contributed by atoms with Crippen LogP contribution in [0.25, 0.3) is 10.9 Å². The minimum atomic E-state index is -1.02. The minimum Gasteiger partial charge on any atom is -0.476 e. The Balaban J connectivity index is 2.86. The lowest BCUT2D eigenvalue weighted by Gasteiger charge is -1.97. The third kappa shape index (κ3) is 1.21. The Morgan fingerprint density at radius 1 is 1.62 bits per heavy atom. The van der Waals surface area contributed by atoms with Gasteiger partial charge in [-0.1, -0.05) is 0 Å². The third-order valence-corrected chi connectivity index (χ3v) is 2.35. The van der Waals surface area contributed by atoms with E-state index in [4.69, 9.17) is 5.11 Å². The van der Waals surface area contributed by atoms with Crippen molar-refractivity contribution in [2.45, 2.75) is 0 Å². The maximum absolute atomic E-state index is 10.7. The zero-order chi connectivity index (χ0) is 9.42. The van der Waals surface area contributed by atoms with E-state index in [1.165, 1.54) is 6.20 Å². The number of rotatable bonds is 1. The number of nitrogens with one attached hydrogen (secondary N) is 1. The van der Waals surface area contributed by atoms with Gasteiger partial charge in [0, 0.05) is 17.8 Å². The van der Waals surface area contributed by atoms with E-state index in [0.717, 1.165) is 9.99 Å². The molecule has 0 bridgehead atoms. The molecule has 4 nitrogen and oxygen atoms in total. The number of nitrogens with zero attached hydrogens (tertiary/aromatic N) is 1. The van der Waals surface area contributed by atoms with Crippen LogP contribution in [0.3, 0.4) is 0 Å². The number of carboxylic acid groups (broad SMARTS) is 1. The van der Waals surface area contributed by atoms with Gasteiger partial charge in [-0.2, -0.15) is 0 Å². The van der Waals surface area contributed by atoms with Crippen molar-refractivity contribution in [2.75, 3.05) is 0 Å². The first-order valence-corrected chi connectivity index (χ1v) is 4.34. The molecule has 2 aromatic rings. The molecule has 0 aliphatic carbocycles. The van der Waals surface area contributed by atoms with Crippen LogP contribution >= 0.6 is 15.9 Å². The van der Waals surface area contributed by atoms with Crippen molar-refractivity contribution in [3.63, 3.8) is 0 Å². The van der Waals surface area contributed by atoms with Gasteiger partial charge in [0.1, 0.15) is 0 Å². The molecule has 0 saturated heterocycles. The van der Waals surface area contributed by atoms with Gasteiger partial charge >= 0.3 is 5.97 Å². The molecule has 0 radical (unpaired) electrons. The van der Waals surface area contributed by atoms with Crippen LogP contribution in [0.4, 0.5) is 0 Å². The summed E-state index contributed by atoms with van der Waals surface area (Å²) in [6, 6.07) is 1.69. The lowest BCUT2D eigenvalue weighted by Crippen LogP contribution is -2.00. The molecule has 0 spiro atoms. The minimum absolute atomic E-state index is 0.0689. The number of aromatic carboxylic acids is 1. The molecule has 0 unspecified atom stereocenters. The summed E-state index contributed by atoms with van der Waals surface area (Å²) in [5.74, 6) is -1.02. The largest absolute Gasteiger partial charge is 0.476 e. The molecule has 0 amide bonds. The van der Waals surface area contributed by atoms with Crippen LogP contribution in [0.5, 0.6) is 0 Å². The predicted octanol–water partition coefficient (Wildman–Crippen LogP) is 2.02. The summed E-state index contributed by atoms with van der Waals surface area (Å²) in [6.45, 7) is 0. The van der Waals surface area contributed by atoms with Crippen molar-refractivity contribution in [3.8, 4) is 0 Å². The van der Waals surface area contributed by atoms with Gasteiger partial charge in [-0.3, -0.25) is 0 Å². The van der Waals surface area contributed by atoms with E-state index in [9.17, 15) is 4.79 Å². The van der Waals surface area contributed by atoms with Gasteiger partial charge in [0.2, 0.25) is 0 Å². The average Bonchev–Trinajstić information content (AvgIpc) is 2.53. The number of pyridine rings is 1. The first kappa shape index (κ1) is 8.25. The monoisotopic (exact) mass is 240 g/mol. The van der Waals surface area contributed by atoms with E-state index in [-0.39, 0.29) is 5.69 Å². The van der Waals surface area contributed by atoms with Gasteiger partial charge in [-0.15, -0.1) is 0 Å². The van der Waals surface area contributed by atoms with Crippen molar-refractivity contribution in [3.05, 3.63) is 28.6 Å². The maximum Gasteiger partial charge on any atom is 0.355 e. The molecule has 2 heterocycles. The highest BCUT2D eigenvalue weighted by atomic mass is 79.9. The van der Waals surface area contributed by atoms with Gasteiger partial charge in [-0.05, 0) is 22.0 Å². The Morgan fingerprint density at radius 2 is 2.38 bits per heavy atom. The van der Waals surface area contributed by atoms with Crippen molar-refractivity contribution >= 4 is 32.8 Å². The van der Waals surface area contributed by atoms with E-state index >= 15 is 0 Å². The van der Waals surface area contributed by atoms with Crippen LogP contribution in [0.15, 0.2) is 22.9 Å². The molecule has 0 aliphatic heterocycles. The van der Waals surface area contributed by atoms with Crippen LogP contribution in [-0.4, -0.2) is 21.0 Å². The van der Waals surface area contributed by atoms with E-state index < -0.39 is 5.97 Å². The topological polar surface area (TPSA) is 66.0 Å². The smallest absolute Gasteiger partial charge is 0.355 e. The second kappa shape index (κ2) is 2.85. The summed E-state index contributed by atoms with van der Waals surface area (Å²) in [5.41, 5.74) is 0.826. The molecule has 0 fully saturated rings. The number of fused-ring (bicyclic) bond motifs is 1. The maximum atomic E-state index is 10.7. The van der Waals surface area contributed by atoms with Crippen LogP contribution < -0.4 is 0 Å². The normalized spacial score (nSPS) is 10.5. The number of H-pyrrole nitrogens is 1. The number of carboxylic acids is 1. The average molecular weight is 241 g/mol. The second-order valence-electron chi connectivity index (χ2n) is 2.53. The van der Waals surface area contributed by atoms with Gasteiger partial charge in [0.25, 0.3) is 0 Å². The number of halogens is 1. The molecule has 66 valence electrons. The zero-order valence-corrected chi connectivity index (χ0v) is 8.00. The Morgan fingerprint density at radius 3 is 3.08 bits per heavy atom. The molecule has 2 rings (SSSR count). The number of hydrogen-bond acceptors (Lipinski definition) is 2. The highest BCUT2D eigenvalue weighted by Crippen LogP contribution is 2.23. The standard InChI is InChI=1S/C8H5BrN2O2/c9-5-3-11-7(8(12)13)4-1-2-10-6(4)5/h1-3,10H,(H,12,13). The molecule has 5 heteroatoms. The summed E-state index contributed by atoms with van der Waals surface area (Å²) in [4.78, 5) is 17.5. The Kier molecular flexibility index (Phi) is 1.81. The van der Waals surface area contributed by atoms with Crippen LogP contribution in [-0.2, 0) is 0 Å². The molecule has 2 N–H and O–H groups in total. The van der Waals surface area contributed by atoms with Crippen molar-refractivity contribution < 1.29 is 9.90 Å². The first-order valence-electron chi connectivity index (χ1n) is 3.55. The van der Waals surface area contributed by atoms with E-state index in [0.29, 0.717) is 5.39 Å². The molecule has 0 atom stereocenters. The predicted molar refractivity (Wildman–Crippen MR) is 50.8 cm³/mol. The molecule has 0 saturated carbocycles. The third-order valence-electron chi connectivity index (χ3n) is 1.75. The SMILES string of the molecule is O=C(O)c1ncc(Br)c2[nH]ccc12. The number of aromatic amines is 1. The Bertz CT molecular complexity index is 478. The van der Waals surface area contributed by atoms with Gasteiger partial charge in [0.05, 0.1) is 9.99 Å². The summed E-state index contributed by atoms with van der Waals surface area (Å²) in [6.07, 6.45) is 3.16. The summed E-state index contributed by atoms with van der Waals surface area (Å²) >= 11 is 3.27. The number of aromatic nitrogens is 2. The van der Waals surface area contributed by atoms with Gasteiger partial charge in [-0.25, -0.2) is 9.78 Å². The highest BCUT2D eigenvalue weighted by molar-refractivity contribution is 9.10. The number of hydrogen-bond donors (Lipinski definition) is 2. The van der Waals surface area contributed by atoms with Crippen LogP contribution in [0.1, 0.15) is 10.5 Å². The van der Waals surface area contributed by atoms with E-state index in [2.05, 4.69) is 25.9 Å². The van der Waals surface area contributed by atoms with Crippen molar-refractivity contribution in [1.82, 2.24) is 9.97 Å². The van der Waals surface area contributed by atoms with Gasteiger partial charge < -0.3 is 10.1 Å². The molecular weight excluding hydrogens is 236 g/mol. The number of carbonyl (C=O) groups is 1. The fraction of sp³-hybridized carbons (Fsp3) is 0. The second-order valence-corrected chi connectivity index (χ2v) is 3.38. The quantitative estimate of drug-likeness (QED) is 0.802. The van der Waals surface area contributed by atoms with E-state index in [1.807, 2.05) is 0 Å². The summed E-state index contributed by atoms with van der Waals surface area (Å²) in [7, 11) is 0. The fourth-order valence-electron chi connectivity index (χ4n) is 1.19. The van der Waals surface area contributed by atoms with Crippen molar-refractivity contribution in [2.24, 2.45) is 0 Å². The lowest BCUT2D eigenvalue weighted by molar-refractivity contribution is 0.0693. The molecule has 0 aromatic carbocycles. The van der Waals surface area contributed by atoms with Crippen LogP contribution in [0.2, 0.25) is 0 Å². The van der Waals surface area contributed by atoms with Gasteiger partial charge in [0.15, 0.2) is 5.69 Å². The Labute approximate surface area is 81.7 Å². The van der Waals surface area contributed by atoms with Crippen LogP contribution in [0, 0.1) is 0 Å². The zero-order valence-electron chi connectivity index (χ0n) is 6.41. The lowest BCUT2D eigenvalue weighted by atomic mass is 10.2. The molecule has 2 aromatic heterocycles. The molecular formula is C8H5BrN2O2. The summed E-state index contributed by atoms with van der Waals surface area (Å²) < 4.78 is 0.762. The Hall–Kier alpha value is -1.36. The molecule has 0 aliphatic rings. The van der Waals surface area contributed by atoms with Crippen molar-refractivity contribution in [1.29, 1.82) is 0 Å². The summed E-state index contributed by atoms with van der Waals surface area (Å²) in [5, 5.41) is 9.41. The van der Waals surface area contributed by atoms with E-state index in [1.54, 1.807) is 12.3 Å². The fourth-order valence-corrected chi connectivity index (χ4v) is 1.62. The highest BCUT2D eigenvalue weighted by Gasteiger charge is 2.12. The molecule has 13 heavy (non-hydrogen) atoms. The first-order chi connectivity index (χ1) is 6.20.